The molecule has 2 aliphatic heterocycles. The summed E-state index contributed by atoms with van der Waals surface area (Å²) in [5.74, 6) is 0.759. The molecule has 3 aliphatic rings. The lowest BCUT2D eigenvalue weighted by Crippen LogP contribution is -2.45. The summed E-state index contributed by atoms with van der Waals surface area (Å²) >= 11 is 0. The smallest absolute Gasteiger partial charge is 0.257 e. The number of pyridine rings is 2. The summed E-state index contributed by atoms with van der Waals surface area (Å²) in [6.45, 7) is 4.21. The van der Waals surface area contributed by atoms with Crippen LogP contribution in [0.25, 0.3) is 10.9 Å². The Kier molecular flexibility index (Phi) is 3.86. The minimum atomic E-state index is -0.0827. The van der Waals surface area contributed by atoms with Gasteiger partial charge in [0.25, 0.3) is 5.56 Å². The highest BCUT2D eigenvalue weighted by molar-refractivity contribution is 5.85. The zero-order valence-electron chi connectivity index (χ0n) is 15.7. The summed E-state index contributed by atoms with van der Waals surface area (Å²) in [6.07, 6.45) is 6.54. The summed E-state index contributed by atoms with van der Waals surface area (Å²) in [5, 5.41) is 0.624. The van der Waals surface area contributed by atoms with Crippen molar-refractivity contribution in [1.82, 2.24) is 14.9 Å². The quantitative estimate of drug-likeness (QED) is 0.884. The van der Waals surface area contributed by atoms with E-state index in [0.717, 1.165) is 55.5 Å². The van der Waals surface area contributed by atoms with Gasteiger partial charge in [-0.15, -0.1) is 0 Å². The third-order valence-corrected chi connectivity index (χ3v) is 6.68. The molecule has 142 valence electrons. The van der Waals surface area contributed by atoms with Gasteiger partial charge in [-0.25, -0.2) is 0 Å². The van der Waals surface area contributed by atoms with E-state index >= 15 is 0 Å². The first-order chi connectivity index (χ1) is 13.0. The maximum Gasteiger partial charge on any atom is 0.257 e. The van der Waals surface area contributed by atoms with E-state index in [1.165, 1.54) is 0 Å². The number of amides is 1. The molecular weight excluding hydrogens is 342 g/mol. The van der Waals surface area contributed by atoms with E-state index in [4.69, 9.17) is 4.74 Å². The molecule has 2 aromatic rings. The number of piperidine rings is 1. The molecule has 1 atom stereocenters. The molecule has 2 aromatic heterocycles. The van der Waals surface area contributed by atoms with Gasteiger partial charge in [0.15, 0.2) is 0 Å². The molecule has 1 saturated heterocycles. The summed E-state index contributed by atoms with van der Waals surface area (Å²) < 4.78 is 6.20. The predicted molar refractivity (Wildman–Crippen MR) is 101 cm³/mol. The average molecular weight is 367 g/mol. The second-order valence-electron chi connectivity index (χ2n) is 8.55. The van der Waals surface area contributed by atoms with Gasteiger partial charge in [0.1, 0.15) is 0 Å². The second kappa shape index (κ2) is 6.16. The number of nitrogens with one attached hydrogen (secondary N) is 1. The Morgan fingerprint density at radius 2 is 2.11 bits per heavy atom. The molecule has 0 spiro atoms. The molecule has 1 aliphatic carbocycles. The first-order valence-corrected chi connectivity index (χ1v) is 9.95. The predicted octanol–water partition coefficient (Wildman–Crippen LogP) is 2.40. The highest BCUT2D eigenvalue weighted by atomic mass is 16.5. The van der Waals surface area contributed by atoms with Crippen LogP contribution >= 0.6 is 0 Å². The van der Waals surface area contributed by atoms with Crippen molar-refractivity contribution in [3.8, 4) is 0 Å². The van der Waals surface area contributed by atoms with E-state index in [0.29, 0.717) is 30.2 Å². The monoisotopic (exact) mass is 367 g/mol. The van der Waals surface area contributed by atoms with Crippen molar-refractivity contribution in [2.75, 3.05) is 13.1 Å². The lowest BCUT2D eigenvalue weighted by Gasteiger charge is -2.38. The van der Waals surface area contributed by atoms with Crippen LogP contribution in [0.2, 0.25) is 0 Å². The van der Waals surface area contributed by atoms with Crippen molar-refractivity contribution in [1.29, 1.82) is 0 Å². The minimum Gasteiger partial charge on any atom is -0.373 e. The fourth-order valence-electron chi connectivity index (χ4n) is 4.59. The van der Waals surface area contributed by atoms with Crippen LogP contribution in [-0.2, 0) is 22.6 Å². The van der Waals surface area contributed by atoms with Crippen molar-refractivity contribution >= 4 is 16.8 Å². The van der Waals surface area contributed by atoms with Crippen LogP contribution in [-0.4, -0.2) is 40.0 Å². The van der Waals surface area contributed by atoms with Gasteiger partial charge >= 0.3 is 0 Å². The normalized spacial score (nSPS) is 24.6. The van der Waals surface area contributed by atoms with Crippen LogP contribution in [0, 0.1) is 11.3 Å². The lowest BCUT2D eigenvalue weighted by molar-refractivity contribution is -0.138. The standard InChI is InChI=1S/C21H25N3O3/c1-21(6-7-21)20(26)24-9-4-13(5-10-24)17-11-16-15(12-27-17)18-14(19(25)23-16)3-2-8-22-18/h2-3,8,13,17H,4-7,9-12H2,1H3,(H,23,25). The molecule has 6 nitrogen and oxygen atoms in total. The van der Waals surface area contributed by atoms with Gasteiger partial charge in [-0.2, -0.15) is 0 Å². The third kappa shape index (κ3) is 2.87. The van der Waals surface area contributed by atoms with Crippen LogP contribution < -0.4 is 5.56 Å². The molecule has 6 heteroatoms. The zero-order chi connectivity index (χ0) is 18.6. The van der Waals surface area contributed by atoms with Crippen molar-refractivity contribution < 1.29 is 9.53 Å². The largest absolute Gasteiger partial charge is 0.373 e. The summed E-state index contributed by atoms with van der Waals surface area (Å²) in [4.78, 5) is 34.4. The number of hydrogen-bond acceptors (Lipinski definition) is 4. The number of aromatic nitrogens is 2. The van der Waals surface area contributed by atoms with E-state index < -0.39 is 0 Å². The second-order valence-corrected chi connectivity index (χ2v) is 8.55. The molecule has 4 heterocycles. The first-order valence-electron chi connectivity index (χ1n) is 9.95. The Hall–Kier alpha value is -2.21. The van der Waals surface area contributed by atoms with Gasteiger partial charge in [-0.05, 0) is 43.7 Å². The number of carbonyl (C=O) groups excluding carboxylic acids is 1. The molecule has 1 saturated carbocycles. The molecule has 5 rings (SSSR count). The van der Waals surface area contributed by atoms with Gasteiger partial charge in [-0.1, -0.05) is 6.92 Å². The van der Waals surface area contributed by atoms with Crippen molar-refractivity contribution in [3.63, 3.8) is 0 Å². The van der Waals surface area contributed by atoms with E-state index in [1.54, 1.807) is 18.3 Å². The van der Waals surface area contributed by atoms with Crippen LogP contribution in [0.3, 0.4) is 0 Å². The van der Waals surface area contributed by atoms with Crippen molar-refractivity contribution in [2.45, 2.75) is 51.7 Å². The third-order valence-electron chi connectivity index (χ3n) is 6.68. The van der Waals surface area contributed by atoms with E-state index in [2.05, 4.69) is 16.9 Å². The number of rotatable bonds is 2. The summed E-state index contributed by atoms with van der Waals surface area (Å²) in [7, 11) is 0. The van der Waals surface area contributed by atoms with Gasteiger partial charge in [0, 0.05) is 42.4 Å². The van der Waals surface area contributed by atoms with Crippen LogP contribution in [0.15, 0.2) is 23.1 Å². The first kappa shape index (κ1) is 16.9. The maximum absolute atomic E-state index is 12.5. The minimum absolute atomic E-state index is 0.0735. The number of fused-ring (bicyclic) bond motifs is 3. The Balaban J connectivity index is 1.30. The fourth-order valence-corrected chi connectivity index (χ4v) is 4.59. The van der Waals surface area contributed by atoms with E-state index in [1.807, 2.05) is 4.90 Å². The van der Waals surface area contributed by atoms with Gasteiger partial charge in [-0.3, -0.25) is 14.6 Å². The Labute approximate surface area is 157 Å². The summed E-state index contributed by atoms with van der Waals surface area (Å²) in [5.41, 5.74) is 2.58. The molecule has 0 bridgehead atoms. The van der Waals surface area contributed by atoms with Crippen LogP contribution in [0.1, 0.15) is 43.9 Å². The molecule has 0 radical (unpaired) electrons. The van der Waals surface area contributed by atoms with Crippen molar-refractivity contribution in [2.24, 2.45) is 11.3 Å². The molecule has 2 fully saturated rings. The van der Waals surface area contributed by atoms with Gasteiger partial charge < -0.3 is 14.6 Å². The van der Waals surface area contributed by atoms with Crippen LogP contribution in [0.5, 0.6) is 0 Å². The Morgan fingerprint density at radius 3 is 2.85 bits per heavy atom. The molecule has 0 aromatic carbocycles. The summed E-state index contributed by atoms with van der Waals surface area (Å²) in [6, 6.07) is 3.59. The van der Waals surface area contributed by atoms with Gasteiger partial charge in [0.2, 0.25) is 5.91 Å². The Morgan fingerprint density at radius 1 is 1.33 bits per heavy atom. The van der Waals surface area contributed by atoms with E-state index in [9.17, 15) is 9.59 Å². The van der Waals surface area contributed by atoms with Gasteiger partial charge in [0.05, 0.1) is 23.6 Å². The van der Waals surface area contributed by atoms with Crippen LogP contribution in [0.4, 0.5) is 0 Å². The number of nitrogens with zero attached hydrogens (tertiary/aromatic N) is 2. The molecule has 27 heavy (non-hydrogen) atoms. The number of hydrogen-bond donors (Lipinski definition) is 1. The number of carbonyl (C=O) groups is 1. The number of H-pyrrole nitrogens is 1. The fraction of sp³-hybridized carbons (Fsp3) is 0.571. The topological polar surface area (TPSA) is 75.3 Å². The molecular formula is C21H25N3O3. The highest BCUT2D eigenvalue weighted by Gasteiger charge is 2.47. The van der Waals surface area contributed by atoms with E-state index in [-0.39, 0.29) is 17.1 Å². The lowest BCUT2D eigenvalue weighted by atomic mass is 9.86. The number of likely N-dealkylation sites (tertiary alicyclic amines) is 1. The maximum atomic E-state index is 12.5. The molecule has 1 N–H and O–H groups in total. The molecule has 1 amide bonds. The Bertz CT molecular complexity index is 955. The zero-order valence-corrected chi connectivity index (χ0v) is 15.7. The van der Waals surface area contributed by atoms with Crippen molar-refractivity contribution in [3.05, 3.63) is 39.9 Å². The molecule has 1 unspecified atom stereocenters. The number of aromatic amines is 1. The SMILES string of the molecule is CC1(C(=O)N2CCC(C3Cc4[nH]c(=O)c5cccnc5c4CO3)CC2)CC1. The number of ether oxygens (including phenoxy) is 1. The average Bonchev–Trinajstić information content (AvgIpc) is 3.46. The highest BCUT2D eigenvalue weighted by Crippen LogP contribution is 2.47.